The largest absolute Gasteiger partial charge is 0.297 e. The van der Waals surface area contributed by atoms with Gasteiger partial charge < -0.3 is 0 Å². The first-order chi connectivity index (χ1) is 12.4. The van der Waals surface area contributed by atoms with Gasteiger partial charge in [-0.05, 0) is 43.1 Å². The molecule has 3 aromatic rings. The lowest BCUT2D eigenvalue weighted by Crippen LogP contribution is -2.30. The smallest absolute Gasteiger partial charge is 0.0971 e. The Hall–Kier alpha value is -2.02. The topological polar surface area (TPSA) is 37.2 Å². The van der Waals surface area contributed by atoms with E-state index in [-0.39, 0.29) is 0 Å². The number of rotatable bonds is 5. The molecule has 0 spiro atoms. The Kier molecular flexibility index (Phi) is 5.20. The van der Waals surface area contributed by atoms with Crippen LogP contribution >= 0.6 is 11.3 Å². The molecule has 0 aliphatic carbocycles. The summed E-state index contributed by atoms with van der Waals surface area (Å²) in [5.41, 5.74) is 2.09. The zero-order valence-electron chi connectivity index (χ0n) is 14.3. The molecule has 1 aliphatic heterocycles. The highest BCUT2D eigenvalue weighted by atomic mass is 32.1. The van der Waals surface area contributed by atoms with Gasteiger partial charge in [-0.3, -0.25) is 9.80 Å². The van der Waals surface area contributed by atoms with Crippen LogP contribution in [-0.4, -0.2) is 51.0 Å². The quantitative estimate of drug-likeness (QED) is 0.707. The summed E-state index contributed by atoms with van der Waals surface area (Å²) < 4.78 is 1.86. The van der Waals surface area contributed by atoms with E-state index in [2.05, 4.69) is 37.6 Å². The maximum absolute atomic E-state index is 4.36. The molecular formula is C19H23N5S. The van der Waals surface area contributed by atoms with Crippen molar-refractivity contribution in [1.82, 2.24) is 24.8 Å². The molecule has 6 heteroatoms. The van der Waals surface area contributed by atoms with Crippen molar-refractivity contribution in [3.05, 3.63) is 64.6 Å². The fourth-order valence-electron chi connectivity index (χ4n) is 3.27. The second kappa shape index (κ2) is 7.91. The molecule has 130 valence electrons. The first-order valence-electron chi connectivity index (χ1n) is 8.80. The molecule has 0 amide bonds. The van der Waals surface area contributed by atoms with Crippen molar-refractivity contribution in [2.45, 2.75) is 19.5 Å². The van der Waals surface area contributed by atoms with Crippen molar-refractivity contribution in [2.75, 3.05) is 26.2 Å². The summed E-state index contributed by atoms with van der Waals surface area (Å²) in [4.78, 5) is 6.51. The van der Waals surface area contributed by atoms with Gasteiger partial charge >= 0.3 is 0 Å². The van der Waals surface area contributed by atoms with E-state index < -0.39 is 0 Å². The van der Waals surface area contributed by atoms with Gasteiger partial charge in [0.2, 0.25) is 0 Å². The number of nitrogens with zero attached hydrogens (tertiary/aromatic N) is 5. The molecule has 1 aliphatic rings. The van der Waals surface area contributed by atoms with Crippen molar-refractivity contribution in [3.8, 4) is 5.69 Å². The van der Waals surface area contributed by atoms with Crippen LogP contribution in [0.1, 0.15) is 17.0 Å². The summed E-state index contributed by atoms with van der Waals surface area (Å²) in [6.45, 7) is 6.45. The normalized spacial score (nSPS) is 16.8. The predicted molar refractivity (Wildman–Crippen MR) is 101 cm³/mol. The number of aromatic nitrogens is 3. The number of para-hydroxylation sites is 1. The van der Waals surface area contributed by atoms with E-state index in [1.807, 2.05) is 52.5 Å². The number of hydrogen-bond acceptors (Lipinski definition) is 5. The summed E-state index contributed by atoms with van der Waals surface area (Å²) in [5.74, 6) is 0. The van der Waals surface area contributed by atoms with Crippen LogP contribution in [0.25, 0.3) is 5.69 Å². The van der Waals surface area contributed by atoms with E-state index >= 15 is 0 Å². The predicted octanol–water partition coefficient (Wildman–Crippen LogP) is 3.04. The molecule has 3 heterocycles. The Morgan fingerprint density at radius 2 is 1.68 bits per heavy atom. The monoisotopic (exact) mass is 353 g/mol. The minimum Gasteiger partial charge on any atom is -0.297 e. The molecule has 4 rings (SSSR count). The lowest BCUT2D eigenvalue weighted by molar-refractivity contribution is 0.246. The highest BCUT2D eigenvalue weighted by Crippen LogP contribution is 2.15. The van der Waals surface area contributed by atoms with Crippen molar-refractivity contribution in [3.63, 3.8) is 0 Å². The van der Waals surface area contributed by atoms with Crippen molar-refractivity contribution in [2.24, 2.45) is 0 Å². The zero-order chi connectivity index (χ0) is 16.9. The molecule has 0 saturated carbocycles. The molecule has 0 radical (unpaired) electrons. The standard InChI is InChI=1S/C19H23N5S/c1-2-6-18(7-3-1)24-15-17(20-21-24)14-22-9-5-10-23(12-11-22)16-19-8-4-13-25-19/h1-4,6-8,13,15H,5,9-12,14,16H2. The van der Waals surface area contributed by atoms with Gasteiger partial charge in [-0.2, -0.15) is 0 Å². The number of thiophene rings is 1. The number of benzene rings is 1. The molecule has 1 fully saturated rings. The molecule has 1 saturated heterocycles. The van der Waals surface area contributed by atoms with Gasteiger partial charge in [0.05, 0.1) is 17.6 Å². The van der Waals surface area contributed by atoms with Gasteiger partial charge in [0, 0.05) is 31.1 Å². The Morgan fingerprint density at radius 1 is 0.880 bits per heavy atom. The number of hydrogen-bond donors (Lipinski definition) is 0. The zero-order valence-corrected chi connectivity index (χ0v) is 15.1. The molecule has 25 heavy (non-hydrogen) atoms. The van der Waals surface area contributed by atoms with Crippen LogP contribution in [0.3, 0.4) is 0 Å². The summed E-state index contributed by atoms with van der Waals surface area (Å²) in [6, 6.07) is 14.5. The van der Waals surface area contributed by atoms with Crippen molar-refractivity contribution >= 4 is 11.3 Å². The van der Waals surface area contributed by atoms with Crippen LogP contribution in [0.4, 0.5) is 0 Å². The lowest BCUT2D eigenvalue weighted by Gasteiger charge is -2.20. The Morgan fingerprint density at radius 3 is 2.44 bits per heavy atom. The van der Waals surface area contributed by atoms with Crippen LogP contribution in [0.2, 0.25) is 0 Å². The molecule has 0 atom stereocenters. The second-order valence-electron chi connectivity index (χ2n) is 6.48. The van der Waals surface area contributed by atoms with Gasteiger partial charge in [-0.1, -0.05) is 29.5 Å². The summed E-state index contributed by atoms with van der Waals surface area (Å²) in [7, 11) is 0. The molecule has 0 bridgehead atoms. The van der Waals surface area contributed by atoms with E-state index in [1.54, 1.807) is 0 Å². The van der Waals surface area contributed by atoms with E-state index in [4.69, 9.17) is 0 Å². The van der Waals surface area contributed by atoms with Crippen LogP contribution in [-0.2, 0) is 13.1 Å². The van der Waals surface area contributed by atoms with Gasteiger partial charge in [0.25, 0.3) is 0 Å². The van der Waals surface area contributed by atoms with E-state index in [1.165, 1.54) is 17.8 Å². The average Bonchev–Trinajstić information content (AvgIpc) is 3.27. The van der Waals surface area contributed by atoms with Gasteiger partial charge in [-0.15, -0.1) is 16.4 Å². The average molecular weight is 353 g/mol. The second-order valence-corrected chi connectivity index (χ2v) is 7.51. The minimum atomic E-state index is 0.875. The first kappa shape index (κ1) is 16.4. The van der Waals surface area contributed by atoms with Crippen LogP contribution in [0, 0.1) is 0 Å². The van der Waals surface area contributed by atoms with Crippen LogP contribution in [0.15, 0.2) is 54.0 Å². The van der Waals surface area contributed by atoms with Gasteiger partial charge in [0.15, 0.2) is 0 Å². The molecule has 5 nitrogen and oxygen atoms in total. The molecule has 2 aromatic heterocycles. The molecule has 0 N–H and O–H groups in total. The highest BCUT2D eigenvalue weighted by Gasteiger charge is 2.16. The van der Waals surface area contributed by atoms with E-state index in [0.717, 1.165) is 44.1 Å². The Bertz CT molecular complexity index is 768. The van der Waals surface area contributed by atoms with Gasteiger partial charge in [0.1, 0.15) is 0 Å². The van der Waals surface area contributed by atoms with E-state index in [9.17, 15) is 0 Å². The minimum absolute atomic E-state index is 0.875. The summed E-state index contributed by atoms with van der Waals surface area (Å²) in [5, 5.41) is 10.8. The Balaban J connectivity index is 1.33. The first-order valence-corrected chi connectivity index (χ1v) is 9.68. The third-order valence-corrected chi connectivity index (χ3v) is 5.45. The summed E-state index contributed by atoms with van der Waals surface area (Å²) >= 11 is 1.85. The van der Waals surface area contributed by atoms with Crippen LogP contribution in [0.5, 0.6) is 0 Å². The lowest BCUT2D eigenvalue weighted by atomic mass is 10.3. The fourth-order valence-corrected chi connectivity index (χ4v) is 4.02. The summed E-state index contributed by atoms with van der Waals surface area (Å²) in [6.07, 6.45) is 3.25. The highest BCUT2D eigenvalue weighted by molar-refractivity contribution is 7.09. The molecule has 1 aromatic carbocycles. The maximum atomic E-state index is 4.36. The third-order valence-electron chi connectivity index (χ3n) is 4.59. The van der Waals surface area contributed by atoms with E-state index in [0.29, 0.717) is 0 Å². The SMILES string of the molecule is c1ccc(-n2cc(CN3CCCN(Cc4cccs4)CC3)nn2)cc1. The molecular weight excluding hydrogens is 330 g/mol. The third kappa shape index (κ3) is 4.34. The fraction of sp³-hybridized carbons (Fsp3) is 0.368. The van der Waals surface area contributed by atoms with Crippen molar-refractivity contribution in [1.29, 1.82) is 0 Å². The van der Waals surface area contributed by atoms with Crippen LogP contribution < -0.4 is 0 Å². The maximum Gasteiger partial charge on any atom is 0.0971 e. The van der Waals surface area contributed by atoms with Crippen molar-refractivity contribution < 1.29 is 0 Å². The molecule has 0 unspecified atom stereocenters. The Labute approximate surface area is 152 Å². The van der Waals surface area contributed by atoms with Gasteiger partial charge in [-0.25, -0.2) is 4.68 Å².